The highest BCUT2D eigenvalue weighted by molar-refractivity contribution is 9.10. The standard InChI is InChI=1S/C8H9BrO4/c1-12-8(11)3-6(10)7-2-5(9)4-13-7/h2,4,6,10H,3H2,1H3/t6-/m0/s1. The van der Waals surface area contributed by atoms with Crippen LogP contribution in [0, 0.1) is 0 Å². The molecular weight excluding hydrogens is 240 g/mol. The van der Waals surface area contributed by atoms with E-state index in [0.717, 1.165) is 4.47 Å². The maximum atomic E-state index is 10.8. The lowest BCUT2D eigenvalue weighted by Crippen LogP contribution is -2.07. The number of halogens is 1. The molecule has 4 nitrogen and oxygen atoms in total. The SMILES string of the molecule is COC(=O)C[C@H](O)c1cc(Br)co1. The molecule has 1 aromatic heterocycles. The van der Waals surface area contributed by atoms with E-state index in [9.17, 15) is 9.90 Å². The molecule has 13 heavy (non-hydrogen) atoms. The Balaban J connectivity index is 2.58. The zero-order chi connectivity index (χ0) is 9.84. The first-order valence-electron chi connectivity index (χ1n) is 3.62. The van der Waals surface area contributed by atoms with Gasteiger partial charge in [-0.05, 0) is 22.0 Å². The fraction of sp³-hybridized carbons (Fsp3) is 0.375. The Hall–Kier alpha value is -0.810. The highest BCUT2D eigenvalue weighted by atomic mass is 79.9. The highest BCUT2D eigenvalue weighted by Gasteiger charge is 2.16. The number of furan rings is 1. The predicted molar refractivity (Wildman–Crippen MR) is 48.0 cm³/mol. The molecule has 0 bridgehead atoms. The van der Waals surface area contributed by atoms with Crippen molar-refractivity contribution in [2.75, 3.05) is 7.11 Å². The highest BCUT2D eigenvalue weighted by Crippen LogP contribution is 2.22. The van der Waals surface area contributed by atoms with Gasteiger partial charge in [0.1, 0.15) is 18.1 Å². The number of hydrogen-bond donors (Lipinski definition) is 1. The summed E-state index contributed by atoms with van der Waals surface area (Å²) in [5.74, 6) is -0.128. The molecule has 0 unspecified atom stereocenters. The molecule has 0 amide bonds. The Bertz CT molecular complexity index is 294. The van der Waals surface area contributed by atoms with Gasteiger partial charge in [-0.15, -0.1) is 0 Å². The van der Waals surface area contributed by atoms with Gasteiger partial charge < -0.3 is 14.3 Å². The average Bonchev–Trinajstić information content (AvgIpc) is 2.51. The van der Waals surface area contributed by atoms with Crippen LogP contribution in [0.1, 0.15) is 18.3 Å². The van der Waals surface area contributed by atoms with Crippen LogP contribution in [-0.2, 0) is 9.53 Å². The number of methoxy groups -OCH3 is 1. The van der Waals surface area contributed by atoms with E-state index in [0.29, 0.717) is 5.76 Å². The molecule has 5 heteroatoms. The van der Waals surface area contributed by atoms with Gasteiger partial charge in [0.25, 0.3) is 0 Å². The lowest BCUT2D eigenvalue weighted by Gasteiger charge is -2.04. The summed E-state index contributed by atoms with van der Waals surface area (Å²) in [7, 11) is 1.27. The van der Waals surface area contributed by atoms with Crippen LogP contribution in [0.15, 0.2) is 21.2 Å². The minimum atomic E-state index is -0.946. The topological polar surface area (TPSA) is 59.7 Å². The summed E-state index contributed by atoms with van der Waals surface area (Å²) in [6.07, 6.45) is 0.394. The molecule has 0 fully saturated rings. The van der Waals surface area contributed by atoms with Crippen molar-refractivity contribution in [2.24, 2.45) is 0 Å². The molecule has 0 saturated heterocycles. The number of carbonyl (C=O) groups is 1. The Morgan fingerprint density at radius 2 is 2.54 bits per heavy atom. The fourth-order valence-corrected chi connectivity index (χ4v) is 1.16. The van der Waals surface area contributed by atoms with Gasteiger partial charge in [-0.3, -0.25) is 4.79 Å². The molecule has 0 radical (unpaired) electrons. The van der Waals surface area contributed by atoms with Gasteiger partial charge in [-0.1, -0.05) is 0 Å². The zero-order valence-electron chi connectivity index (χ0n) is 6.99. The molecule has 0 aliphatic rings. The maximum absolute atomic E-state index is 10.8. The van der Waals surface area contributed by atoms with Crippen molar-refractivity contribution >= 4 is 21.9 Å². The van der Waals surface area contributed by atoms with Crippen LogP contribution >= 0.6 is 15.9 Å². The van der Waals surface area contributed by atoms with Crippen LogP contribution in [0.25, 0.3) is 0 Å². The van der Waals surface area contributed by atoms with Crippen LogP contribution in [-0.4, -0.2) is 18.2 Å². The molecule has 1 heterocycles. The number of carbonyl (C=O) groups excluding carboxylic acids is 1. The lowest BCUT2D eigenvalue weighted by molar-refractivity contribution is -0.143. The van der Waals surface area contributed by atoms with Crippen molar-refractivity contribution < 1.29 is 19.1 Å². The predicted octanol–water partition coefficient (Wildman–Crippen LogP) is 1.64. The minimum absolute atomic E-state index is 0.101. The van der Waals surface area contributed by atoms with Crippen molar-refractivity contribution in [1.82, 2.24) is 0 Å². The molecule has 0 aliphatic heterocycles. The summed E-state index contributed by atoms with van der Waals surface area (Å²) in [5.41, 5.74) is 0. The molecular formula is C8H9BrO4. The van der Waals surface area contributed by atoms with E-state index in [4.69, 9.17) is 4.42 Å². The Kier molecular flexibility index (Phi) is 3.50. The van der Waals surface area contributed by atoms with Crippen molar-refractivity contribution in [1.29, 1.82) is 0 Å². The summed E-state index contributed by atoms with van der Waals surface area (Å²) in [6, 6.07) is 1.60. The van der Waals surface area contributed by atoms with Gasteiger partial charge >= 0.3 is 5.97 Å². The third-order valence-electron chi connectivity index (χ3n) is 1.50. The molecule has 1 rings (SSSR count). The number of ether oxygens (including phenoxy) is 1. The summed E-state index contributed by atoms with van der Waals surface area (Å²) in [6.45, 7) is 0. The number of rotatable bonds is 3. The second-order valence-corrected chi connectivity index (χ2v) is 3.38. The zero-order valence-corrected chi connectivity index (χ0v) is 8.58. The molecule has 72 valence electrons. The monoisotopic (exact) mass is 248 g/mol. The quantitative estimate of drug-likeness (QED) is 0.827. The molecule has 0 aromatic carbocycles. The molecule has 0 aliphatic carbocycles. The molecule has 1 aromatic rings. The van der Waals surface area contributed by atoms with Crippen LogP contribution in [0.2, 0.25) is 0 Å². The summed E-state index contributed by atoms with van der Waals surface area (Å²) >= 11 is 3.16. The minimum Gasteiger partial charge on any atom is -0.469 e. The normalized spacial score (nSPS) is 12.5. The van der Waals surface area contributed by atoms with Gasteiger partial charge in [0.15, 0.2) is 0 Å². The third kappa shape index (κ3) is 2.86. The summed E-state index contributed by atoms with van der Waals surface area (Å²) in [4.78, 5) is 10.8. The van der Waals surface area contributed by atoms with Crippen molar-refractivity contribution in [2.45, 2.75) is 12.5 Å². The first kappa shape index (κ1) is 10.3. The fourth-order valence-electron chi connectivity index (χ4n) is 0.845. The number of esters is 1. The van der Waals surface area contributed by atoms with Crippen LogP contribution in [0.4, 0.5) is 0 Å². The number of aliphatic hydroxyl groups excluding tert-OH is 1. The second-order valence-electron chi connectivity index (χ2n) is 2.46. The van der Waals surface area contributed by atoms with Gasteiger partial charge in [-0.2, -0.15) is 0 Å². The second kappa shape index (κ2) is 4.43. The van der Waals surface area contributed by atoms with Gasteiger partial charge in [0.05, 0.1) is 18.0 Å². The average molecular weight is 249 g/mol. The largest absolute Gasteiger partial charge is 0.469 e. The molecule has 0 saturated carbocycles. The third-order valence-corrected chi connectivity index (χ3v) is 1.92. The van der Waals surface area contributed by atoms with Crippen molar-refractivity contribution in [3.8, 4) is 0 Å². The van der Waals surface area contributed by atoms with Gasteiger partial charge in [0, 0.05) is 0 Å². The van der Waals surface area contributed by atoms with Crippen LogP contribution in [0.5, 0.6) is 0 Å². The van der Waals surface area contributed by atoms with Crippen molar-refractivity contribution in [3.63, 3.8) is 0 Å². The van der Waals surface area contributed by atoms with E-state index in [1.165, 1.54) is 13.4 Å². The van der Waals surface area contributed by atoms with Crippen LogP contribution < -0.4 is 0 Å². The van der Waals surface area contributed by atoms with E-state index >= 15 is 0 Å². The molecule has 0 spiro atoms. The van der Waals surface area contributed by atoms with E-state index in [1.807, 2.05) is 0 Å². The van der Waals surface area contributed by atoms with Gasteiger partial charge in [-0.25, -0.2) is 0 Å². The molecule has 1 N–H and O–H groups in total. The number of aliphatic hydroxyl groups is 1. The first-order chi connectivity index (χ1) is 6.13. The lowest BCUT2D eigenvalue weighted by atomic mass is 10.2. The van der Waals surface area contributed by atoms with Gasteiger partial charge in [0.2, 0.25) is 0 Å². The Labute approximate surface area is 83.6 Å². The maximum Gasteiger partial charge on any atom is 0.308 e. The van der Waals surface area contributed by atoms with E-state index in [1.54, 1.807) is 6.07 Å². The van der Waals surface area contributed by atoms with E-state index in [-0.39, 0.29) is 6.42 Å². The first-order valence-corrected chi connectivity index (χ1v) is 4.41. The smallest absolute Gasteiger partial charge is 0.308 e. The number of hydrogen-bond acceptors (Lipinski definition) is 4. The van der Waals surface area contributed by atoms with E-state index in [2.05, 4.69) is 20.7 Å². The molecule has 1 atom stereocenters. The van der Waals surface area contributed by atoms with Crippen molar-refractivity contribution in [3.05, 3.63) is 22.6 Å². The Morgan fingerprint density at radius 1 is 1.85 bits per heavy atom. The van der Waals surface area contributed by atoms with E-state index < -0.39 is 12.1 Å². The summed E-state index contributed by atoms with van der Waals surface area (Å²) < 4.78 is 10.1. The Morgan fingerprint density at radius 3 is 3.00 bits per heavy atom. The summed E-state index contributed by atoms with van der Waals surface area (Å²) in [5, 5.41) is 9.42. The van der Waals surface area contributed by atoms with Crippen LogP contribution in [0.3, 0.4) is 0 Å².